The number of pyridine rings is 1. The molecule has 0 aliphatic rings. The molecule has 1 heterocycles. The average Bonchev–Trinajstić information content (AvgIpc) is 2.28. The van der Waals surface area contributed by atoms with Crippen LogP contribution in [-0.4, -0.2) is 17.6 Å². The summed E-state index contributed by atoms with van der Waals surface area (Å²) in [6, 6.07) is 3.64. The number of nitrogens with one attached hydrogen (secondary N) is 1. The van der Waals surface area contributed by atoms with Crippen LogP contribution in [-0.2, 0) is 11.3 Å². The predicted octanol–water partition coefficient (Wildman–Crippen LogP) is 2.11. The first-order valence-corrected chi connectivity index (χ1v) is 5.12. The van der Waals surface area contributed by atoms with Gasteiger partial charge in [-0.15, -0.1) is 0 Å². The van der Waals surface area contributed by atoms with Crippen LogP contribution in [0.1, 0.15) is 25.3 Å². The minimum absolute atomic E-state index is 0.292. The zero-order chi connectivity index (χ0) is 10.9. The first-order chi connectivity index (χ1) is 7.33. The van der Waals surface area contributed by atoms with Gasteiger partial charge in [-0.25, -0.2) is 4.79 Å². The van der Waals surface area contributed by atoms with E-state index in [1.807, 2.05) is 12.1 Å². The number of rotatable bonds is 5. The first kappa shape index (κ1) is 11.5. The lowest BCUT2D eigenvalue weighted by Crippen LogP contribution is -2.25. The van der Waals surface area contributed by atoms with Crippen molar-refractivity contribution >= 4 is 6.09 Å². The lowest BCUT2D eigenvalue weighted by atomic mass is 10.3. The second-order valence-corrected chi connectivity index (χ2v) is 3.21. The number of hydrogen-bond acceptors (Lipinski definition) is 3. The molecule has 0 bridgehead atoms. The lowest BCUT2D eigenvalue weighted by Gasteiger charge is -2.05. The number of hydrogen-bond donors (Lipinski definition) is 1. The Morgan fingerprint density at radius 3 is 2.87 bits per heavy atom. The molecule has 0 fully saturated rings. The van der Waals surface area contributed by atoms with E-state index in [1.54, 1.807) is 12.4 Å². The van der Waals surface area contributed by atoms with Crippen LogP contribution in [0.15, 0.2) is 24.5 Å². The molecular weight excluding hydrogens is 192 g/mol. The largest absolute Gasteiger partial charge is 0.445 e. The Kier molecular flexibility index (Phi) is 5.22. The Labute approximate surface area is 89.7 Å². The van der Waals surface area contributed by atoms with Crippen molar-refractivity contribution < 1.29 is 9.53 Å². The Hall–Kier alpha value is -1.58. The van der Waals surface area contributed by atoms with Crippen LogP contribution >= 0.6 is 0 Å². The number of carbonyl (C=O) groups is 1. The van der Waals surface area contributed by atoms with Crippen molar-refractivity contribution in [3.05, 3.63) is 30.1 Å². The highest BCUT2D eigenvalue weighted by Gasteiger charge is 2.00. The fraction of sp³-hybridized carbons (Fsp3) is 0.455. The Morgan fingerprint density at radius 2 is 2.20 bits per heavy atom. The summed E-state index contributed by atoms with van der Waals surface area (Å²) in [5.41, 5.74) is 0.940. The number of nitrogens with zero attached hydrogens (tertiary/aromatic N) is 1. The van der Waals surface area contributed by atoms with Gasteiger partial charge in [0.2, 0.25) is 0 Å². The summed E-state index contributed by atoms with van der Waals surface area (Å²) in [6.07, 6.45) is 5.02. The average molecular weight is 208 g/mol. The van der Waals surface area contributed by atoms with Crippen molar-refractivity contribution in [1.82, 2.24) is 10.3 Å². The van der Waals surface area contributed by atoms with E-state index in [-0.39, 0.29) is 6.09 Å². The summed E-state index contributed by atoms with van der Waals surface area (Å²) in [4.78, 5) is 15.0. The minimum Gasteiger partial charge on any atom is -0.445 e. The van der Waals surface area contributed by atoms with Gasteiger partial charge in [-0.05, 0) is 24.1 Å². The van der Waals surface area contributed by atoms with Gasteiger partial charge in [0, 0.05) is 18.9 Å². The Balaban J connectivity index is 2.17. The van der Waals surface area contributed by atoms with Crippen LogP contribution in [0.3, 0.4) is 0 Å². The Morgan fingerprint density at radius 1 is 1.47 bits per heavy atom. The maximum absolute atomic E-state index is 11.1. The van der Waals surface area contributed by atoms with E-state index in [9.17, 15) is 4.79 Å². The smallest absolute Gasteiger partial charge is 0.407 e. The zero-order valence-corrected chi connectivity index (χ0v) is 8.90. The number of amides is 1. The molecule has 4 heteroatoms. The summed E-state index contributed by atoms with van der Waals surface area (Å²) in [5.74, 6) is 0. The van der Waals surface area contributed by atoms with E-state index in [0.717, 1.165) is 18.4 Å². The van der Waals surface area contributed by atoms with Gasteiger partial charge in [-0.1, -0.05) is 13.3 Å². The molecule has 0 saturated heterocycles. The molecule has 1 aromatic rings. The number of carbonyl (C=O) groups excluding carboxylic acids is 1. The fourth-order valence-electron chi connectivity index (χ4n) is 1.05. The van der Waals surface area contributed by atoms with Gasteiger partial charge in [-0.3, -0.25) is 4.98 Å². The van der Waals surface area contributed by atoms with E-state index < -0.39 is 0 Å². The molecule has 1 aromatic heterocycles. The van der Waals surface area contributed by atoms with E-state index >= 15 is 0 Å². The van der Waals surface area contributed by atoms with E-state index in [2.05, 4.69) is 17.2 Å². The quantitative estimate of drug-likeness (QED) is 0.754. The monoisotopic (exact) mass is 208 g/mol. The van der Waals surface area contributed by atoms with Crippen LogP contribution in [0.2, 0.25) is 0 Å². The number of ether oxygens (including phenoxy) is 1. The third kappa shape index (κ3) is 5.00. The van der Waals surface area contributed by atoms with Crippen LogP contribution in [0.4, 0.5) is 4.79 Å². The summed E-state index contributed by atoms with van der Waals surface area (Å²) in [5, 5.41) is 2.68. The molecule has 0 aliphatic carbocycles. The van der Waals surface area contributed by atoms with E-state index in [1.165, 1.54) is 0 Å². The van der Waals surface area contributed by atoms with Crippen molar-refractivity contribution in [1.29, 1.82) is 0 Å². The van der Waals surface area contributed by atoms with E-state index in [4.69, 9.17) is 4.74 Å². The van der Waals surface area contributed by atoms with Crippen molar-refractivity contribution in [2.24, 2.45) is 0 Å². The third-order valence-electron chi connectivity index (χ3n) is 1.92. The predicted molar refractivity (Wildman–Crippen MR) is 57.3 cm³/mol. The maximum atomic E-state index is 11.1. The molecule has 0 spiro atoms. The standard InChI is InChI=1S/C11H16N2O2/c1-2-3-6-13-11(14)15-9-10-4-7-12-8-5-10/h4-5,7-8H,2-3,6,9H2,1H3,(H,13,14). The van der Waals surface area contributed by atoms with Crippen molar-refractivity contribution in [3.63, 3.8) is 0 Å². The number of unbranched alkanes of at least 4 members (excludes halogenated alkanes) is 1. The van der Waals surface area contributed by atoms with Gasteiger partial charge in [0.25, 0.3) is 0 Å². The van der Waals surface area contributed by atoms with Crippen LogP contribution < -0.4 is 5.32 Å². The lowest BCUT2D eigenvalue weighted by molar-refractivity contribution is 0.139. The minimum atomic E-state index is -0.361. The zero-order valence-electron chi connectivity index (χ0n) is 8.90. The molecule has 1 N–H and O–H groups in total. The second kappa shape index (κ2) is 6.81. The highest BCUT2D eigenvalue weighted by atomic mass is 16.5. The van der Waals surface area contributed by atoms with Gasteiger partial charge in [0.1, 0.15) is 6.61 Å². The summed E-state index contributed by atoms with van der Waals surface area (Å²) >= 11 is 0. The van der Waals surface area contributed by atoms with Gasteiger partial charge in [-0.2, -0.15) is 0 Å². The second-order valence-electron chi connectivity index (χ2n) is 3.21. The Bertz CT molecular complexity index is 288. The summed E-state index contributed by atoms with van der Waals surface area (Å²) in [7, 11) is 0. The molecular formula is C11H16N2O2. The molecule has 0 radical (unpaired) electrons. The molecule has 15 heavy (non-hydrogen) atoms. The number of alkyl carbamates (subject to hydrolysis) is 1. The van der Waals surface area contributed by atoms with Crippen LogP contribution in [0.5, 0.6) is 0 Å². The highest BCUT2D eigenvalue weighted by molar-refractivity contribution is 5.67. The molecule has 1 amide bonds. The molecule has 0 saturated carbocycles. The van der Waals surface area contributed by atoms with Crippen LogP contribution in [0.25, 0.3) is 0 Å². The van der Waals surface area contributed by atoms with Crippen molar-refractivity contribution in [2.45, 2.75) is 26.4 Å². The SMILES string of the molecule is CCCCNC(=O)OCc1ccncc1. The van der Waals surface area contributed by atoms with Gasteiger partial charge in [0.05, 0.1) is 0 Å². The van der Waals surface area contributed by atoms with Crippen molar-refractivity contribution in [2.75, 3.05) is 6.54 Å². The third-order valence-corrected chi connectivity index (χ3v) is 1.92. The van der Waals surface area contributed by atoms with Gasteiger partial charge >= 0.3 is 6.09 Å². The van der Waals surface area contributed by atoms with Crippen LogP contribution in [0, 0.1) is 0 Å². The summed E-state index contributed by atoms with van der Waals surface area (Å²) < 4.78 is 5.00. The topological polar surface area (TPSA) is 51.2 Å². The number of aromatic nitrogens is 1. The first-order valence-electron chi connectivity index (χ1n) is 5.12. The highest BCUT2D eigenvalue weighted by Crippen LogP contribution is 1.98. The molecule has 0 unspecified atom stereocenters. The molecule has 0 aromatic carbocycles. The molecule has 1 rings (SSSR count). The van der Waals surface area contributed by atoms with E-state index in [0.29, 0.717) is 13.2 Å². The molecule has 0 aliphatic heterocycles. The summed E-state index contributed by atoms with van der Waals surface area (Å²) in [6.45, 7) is 3.04. The molecule has 0 atom stereocenters. The molecule has 82 valence electrons. The maximum Gasteiger partial charge on any atom is 0.407 e. The molecule has 4 nitrogen and oxygen atoms in total. The van der Waals surface area contributed by atoms with Crippen molar-refractivity contribution in [3.8, 4) is 0 Å². The normalized spacial score (nSPS) is 9.67. The fourth-order valence-corrected chi connectivity index (χ4v) is 1.05. The van der Waals surface area contributed by atoms with Gasteiger partial charge in [0.15, 0.2) is 0 Å². The van der Waals surface area contributed by atoms with Gasteiger partial charge < -0.3 is 10.1 Å².